The standard InChI is InChI=1S/C17H27N7O4/c1-17(2)27-11-9(7-25)26-15(12(11)28-17)24-14-10(13(19)21-8-22-14)23-16(24)20-6-4-3-5-18/h8-9,11-12,15,25H,3-7,18H2,1-2H3,(H,20,23)(H2,19,21,22)/t9-,11-,12-,15-/m1/s1. The van der Waals surface area contributed by atoms with Gasteiger partial charge in [0, 0.05) is 6.54 Å². The number of nitrogens with one attached hydrogen (secondary N) is 1. The van der Waals surface area contributed by atoms with Gasteiger partial charge in [-0.15, -0.1) is 0 Å². The van der Waals surface area contributed by atoms with Crippen LogP contribution in [0.4, 0.5) is 11.8 Å². The lowest BCUT2D eigenvalue weighted by molar-refractivity contribution is -0.199. The Morgan fingerprint density at radius 1 is 1.25 bits per heavy atom. The number of imidazole rings is 1. The average molecular weight is 393 g/mol. The fourth-order valence-corrected chi connectivity index (χ4v) is 3.78. The van der Waals surface area contributed by atoms with E-state index < -0.39 is 30.3 Å². The highest BCUT2D eigenvalue weighted by molar-refractivity contribution is 5.84. The molecule has 0 unspecified atom stereocenters. The molecule has 4 rings (SSSR count). The molecule has 4 atom stereocenters. The third-order valence-electron chi connectivity index (χ3n) is 4.98. The van der Waals surface area contributed by atoms with Crippen LogP contribution in [0, 0.1) is 0 Å². The first kappa shape index (κ1) is 19.3. The van der Waals surface area contributed by atoms with E-state index in [2.05, 4.69) is 20.3 Å². The number of fused-ring (bicyclic) bond motifs is 2. The summed E-state index contributed by atoms with van der Waals surface area (Å²) in [4.78, 5) is 13.0. The van der Waals surface area contributed by atoms with Crippen LogP contribution in [0.25, 0.3) is 11.2 Å². The van der Waals surface area contributed by atoms with Gasteiger partial charge in [-0.1, -0.05) is 0 Å². The number of aliphatic hydroxyl groups is 1. The van der Waals surface area contributed by atoms with Crippen molar-refractivity contribution >= 4 is 22.9 Å². The molecule has 28 heavy (non-hydrogen) atoms. The van der Waals surface area contributed by atoms with Gasteiger partial charge in [-0.2, -0.15) is 0 Å². The molecular weight excluding hydrogens is 366 g/mol. The van der Waals surface area contributed by atoms with E-state index in [0.717, 1.165) is 12.8 Å². The van der Waals surface area contributed by atoms with Gasteiger partial charge in [0.2, 0.25) is 5.95 Å². The molecule has 0 saturated carbocycles. The van der Waals surface area contributed by atoms with Crippen molar-refractivity contribution in [2.24, 2.45) is 5.73 Å². The first-order valence-electron chi connectivity index (χ1n) is 9.49. The van der Waals surface area contributed by atoms with E-state index in [-0.39, 0.29) is 12.4 Å². The predicted octanol–water partition coefficient (Wildman–Crippen LogP) is -0.0309. The number of aromatic nitrogens is 4. The lowest BCUT2D eigenvalue weighted by Gasteiger charge is -2.25. The third kappa shape index (κ3) is 3.29. The number of hydrogen-bond donors (Lipinski definition) is 4. The molecule has 11 heteroatoms. The number of rotatable bonds is 7. The summed E-state index contributed by atoms with van der Waals surface area (Å²) in [6, 6.07) is 0. The largest absolute Gasteiger partial charge is 0.394 e. The van der Waals surface area contributed by atoms with Crippen molar-refractivity contribution in [3.63, 3.8) is 0 Å². The minimum absolute atomic E-state index is 0.180. The van der Waals surface area contributed by atoms with E-state index in [0.29, 0.717) is 30.2 Å². The lowest BCUT2D eigenvalue weighted by atomic mass is 10.1. The summed E-state index contributed by atoms with van der Waals surface area (Å²) in [6.07, 6.45) is 1.26. The van der Waals surface area contributed by atoms with E-state index in [1.807, 2.05) is 18.4 Å². The van der Waals surface area contributed by atoms with Gasteiger partial charge < -0.3 is 36.1 Å². The number of hydrogen-bond acceptors (Lipinski definition) is 10. The summed E-state index contributed by atoms with van der Waals surface area (Å²) in [7, 11) is 0. The Labute approximate surface area is 162 Å². The molecule has 2 aromatic heterocycles. The Balaban J connectivity index is 1.73. The molecule has 2 fully saturated rings. The average Bonchev–Trinajstić information content (AvgIpc) is 3.27. The van der Waals surface area contributed by atoms with Crippen LogP contribution in [0.1, 0.15) is 32.9 Å². The predicted molar refractivity (Wildman–Crippen MR) is 101 cm³/mol. The Morgan fingerprint density at radius 3 is 2.79 bits per heavy atom. The zero-order valence-corrected chi connectivity index (χ0v) is 16.0. The molecule has 11 nitrogen and oxygen atoms in total. The topological polar surface area (TPSA) is 156 Å². The van der Waals surface area contributed by atoms with Gasteiger partial charge in [0.15, 0.2) is 29.0 Å². The summed E-state index contributed by atoms with van der Waals surface area (Å²) < 4.78 is 20.0. The molecule has 4 heterocycles. The first-order chi connectivity index (χ1) is 13.4. The zero-order valence-electron chi connectivity index (χ0n) is 16.0. The highest BCUT2D eigenvalue weighted by Crippen LogP contribution is 2.44. The number of aliphatic hydroxyl groups excluding tert-OH is 1. The Kier molecular flexibility index (Phi) is 5.10. The number of nitrogens with zero attached hydrogens (tertiary/aromatic N) is 4. The van der Waals surface area contributed by atoms with Crippen molar-refractivity contribution in [1.29, 1.82) is 0 Å². The van der Waals surface area contributed by atoms with Gasteiger partial charge >= 0.3 is 0 Å². The Morgan fingerprint density at radius 2 is 2.04 bits per heavy atom. The number of ether oxygens (including phenoxy) is 3. The van der Waals surface area contributed by atoms with Gasteiger partial charge in [0.1, 0.15) is 24.6 Å². The van der Waals surface area contributed by atoms with Crippen LogP contribution >= 0.6 is 0 Å². The molecule has 6 N–H and O–H groups in total. The molecule has 0 radical (unpaired) electrons. The van der Waals surface area contributed by atoms with Crippen LogP contribution in [-0.2, 0) is 14.2 Å². The van der Waals surface area contributed by atoms with E-state index >= 15 is 0 Å². The van der Waals surface area contributed by atoms with Crippen LogP contribution in [-0.4, -0.2) is 68.4 Å². The fourth-order valence-electron chi connectivity index (χ4n) is 3.78. The maximum Gasteiger partial charge on any atom is 0.207 e. The van der Waals surface area contributed by atoms with Gasteiger partial charge in [-0.25, -0.2) is 15.0 Å². The summed E-state index contributed by atoms with van der Waals surface area (Å²) >= 11 is 0. The van der Waals surface area contributed by atoms with Crippen LogP contribution in [0.3, 0.4) is 0 Å². The lowest BCUT2D eigenvalue weighted by Crippen LogP contribution is -2.31. The van der Waals surface area contributed by atoms with Gasteiger partial charge in [0.25, 0.3) is 0 Å². The van der Waals surface area contributed by atoms with Crippen molar-refractivity contribution in [3.8, 4) is 0 Å². The molecule has 0 amide bonds. The fraction of sp³-hybridized carbons (Fsp3) is 0.706. The van der Waals surface area contributed by atoms with Crippen molar-refractivity contribution in [2.75, 3.05) is 30.7 Å². The van der Waals surface area contributed by atoms with Gasteiger partial charge in [-0.05, 0) is 33.2 Å². The summed E-state index contributed by atoms with van der Waals surface area (Å²) in [6.45, 7) is 4.81. The first-order valence-corrected chi connectivity index (χ1v) is 9.49. The number of unbranched alkanes of at least 4 members (excludes halogenated alkanes) is 1. The van der Waals surface area contributed by atoms with Gasteiger partial charge in [0.05, 0.1) is 6.61 Å². The van der Waals surface area contributed by atoms with Gasteiger partial charge in [-0.3, -0.25) is 4.57 Å². The van der Waals surface area contributed by atoms with E-state index in [1.165, 1.54) is 6.33 Å². The molecule has 2 aromatic rings. The summed E-state index contributed by atoms with van der Waals surface area (Å²) in [5.74, 6) is 0.0602. The Bertz CT molecular complexity index is 842. The minimum atomic E-state index is -0.774. The van der Waals surface area contributed by atoms with Crippen LogP contribution in [0.15, 0.2) is 6.33 Å². The molecular formula is C17H27N7O4. The maximum atomic E-state index is 9.77. The monoisotopic (exact) mass is 393 g/mol. The van der Waals surface area contributed by atoms with E-state index in [1.54, 1.807) is 0 Å². The van der Waals surface area contributed by atoms with Crippen molar-refractivity contribution in [2.45, 2.75) is 57.0 Å². The van der Waals surface area contributed by atoms with Crippen molar-refractivity contribution in [1.82, 2.24) is 19.5 Å². The second-order valence-electron chi connectivity index (χ2n) is 7.47. The van der Waals surface area contributed by atoms with Crippen LogP contribution in [0.5, 0.6) is 0 Å². The zero-order chi connectivity index (χ0) is 19.9. The molecule has 154 valence electrons. The molecule has 0 aliphatic carbocycles. The number of nitrogen functional groups attached to an aromatic ring is 1. The highest BCUT2D eigenvalue weighted by Gasteiger charge is 2.56. The Hall–Kier alpha value is -2.05. The quantitative estimate of drug-likeness (QED) is 0.471. The SMILES string of the molecule is CC1(C)O[C@@H]2[C@H](O1)[C@@H](CO)O[C@H]2n1c(NCCCCN)nc2c(N)ncnc21. The van der Waals surface area contributed by atoms with E-state index in [4.69, 9.17) is 25.7 Å². The molecule has 0 spiro atoms. The van der Waals surface area contributed by atoms with Crippen molar-refractivity contribution < 1.29 is 19.3 Å². The second-order valence-corrected chi connectivity index (χ2v) is 7.47. The number of nitrogens with two attached hydrogens (primary N) is 2. The smallest absolute Gasteiger partial charge is 0.207 e. The molecule has 0 bridgehead atoms. The van der Waals surface area contributed by atoms with Crippen LogP contribution in [0.2, 0.25) is 0 Å². The minimum Gasteiger partial charge on any atom is -0.394 e. The second kappa shape index (κ2) is 7.41. The molecule has 0 aromatic carbocycles. The molecule has 2 saturated heterocycles. The highest BCUT2D eigenvalue weighted by atomic mass is 16.8. The van der Waals surface area contributed by atoms with E-state index in [9.17, 15) is 5.11 Å². The van der Waals surface area contributed by atoms with Crippen LogP contribution < -0.4 is 16.8 Å². The van der Waals surface area contributed by atoms with Crippen molar-refractivity contribution in [3.05, 3.63) is 6.33 Å². The summed E-state index contributed by atoms with van der Waals surface area (Å²) in [5.41, 5.74) is 12.6. The maximum absolute atomic E-state index is 9.77. The molecule has 2 aliphatic rings. The summed E-state index contributed by atoms with van der Waals surface area (Å²) in [5, 5.41) is 13.1. The normalized spacial score (nSPS) is 28.7. The molecule has 2 aliphatic heterocycles. The number of anilines is 2. The third-order valence-corrected chi connectivity index (χ3v) is 4.98.